The average Bonchev–Trinajstić information content (AvgIpc) is 2.30. The summed E-state index contributed by atoms with van der Waals surface area (Å²) in [5, 5.41) is 3.02. The molecule has 0 spiro atoms. The number of nitrogens with one attached hydrogen (secondary N) is 1. The first-order valence-electron chi connectivity index (χ1n) is 6.14. The smallest absolute Gasteiger partial charge is 0.321 e. The lowest BCUT2D eigenvalue weighted by atomic mass is 9.92. The maximum Gasteiger partial charge on any atom is 0.322 e. The molecule has 0 saturated carbocycles. The minimum Gasteiger partial charge on any atom is -0.321 e. The van der Waals surface area contributed by atoms with Gasteiger partial charge in [0.2, 0.25) is 0 Å². The van der Waals surface area contributed by atoms with E-state index in [0.717, 1.165) is 23.4 Å². The van der Waals surface area contributed by atoms with E-state index in [2.05, 4.69) is 19.2 Å². The van der Waals surface area contributed by atoms with Crippen LogP contribution < -0.4 is 5.32 Å². The fourth-order valence-electron chi connectivity index (χ4n) is 2.26. The number of carbonyl (C=O) groups excluding carboxylic acids is 1. The van der Waals surface area contributed by atoms with E-state index >= 15 is 0 Å². The Hall–Kier alpha value is -1.51. The Morgan fingerprint density at radius 2 is 1.88 bits per heavy atom. The molecule has 0 aliphatic carbocycles. The summed E-state index contributed by atoms with van der Waals surface area (Å²) < 4.78 is 0. The Kier molecular flexibility index (Phi) is 3.09. The second-order valence-corrected chi connectivity index (χ2v) is 5.07. The van der Waals surface area contributed by atoms with E-state index in [-0.39, 0.29) is 6.03 Å². The molecular formula is C14H20N2O. The quantitative estimate of drug-likeness (QED) is 0.792. The van der Waals surface area contributed by atoms with Crippen molar-refractivity contribution in [1.82, 2.24) is 4.90 Å². The third-order valence-corrected chi connectivity index (χ3v) is 3.77. The maximum atomic E-state index is 12.1. The van der Waals surface area contributed by atoms with Crippen molar-refractivity contribution in [2.24, 2.45) is 5.92 Å². The Labute approximate surface area is 103 Å². The van der Waals surface area contributed by atoms with Gasteiger partial charge in [0.05, 0.1) is 0 Å². The Morgan fingerprint density at radius 3 is 2.35 bits per heavy atom. The summed E-state index contributed by atoms with van der Waals surface area (Å²) >= 11 is 0. The van der Waals surface area contributed by atoms with E-state index in [1.54, 1.807) is 0 Å². The molecule has 0 bridgehead atoms. The van der Waals surface area contributed by atoms with Crippen molar-refractivity contribution in [3.63, 3.8) is 0 Å². The zero-order chi connectivity index (χ0) is 12.6. The van der Waals surface area contributed by atoms with Crippen molar-refractivity contribution in [2.45, 2.75) is 33.7 Å². The lowest BCUT2D eigenvalue weighted by molar-refractivity contribution is 0.0798. The molecular weight excluding hydrogens is 212 g/mol. The number of likely N-dealkylation sites (tertiary alicyclic amines) is 1. The first kappa shape index (κ1) is 12.0. The zero-order valence-corrected chi connectivity index (χ0v) is 10.9. The number of hydrogen-bond acceptors (Lipinski definition) is 1. The molecule has 1 fully saturated rings. The molecule has 2 amide bonds. The molecule has 1 saturated heterocycles. The third kappa shape index (κ3) is 2.14. The molecule has 92 valence electrons. The van der Waals surface area contributed by atoms with Crippen LogP contribution in [0.25, 0.3) is 0 Å². The summed E-state index contributed by atoms with van der Waals surface area (Å²) in [6.07, 6.45) is 0. The SMILES string of the molecule is Cc1cccc(C)c1NC(=O)N1CC(C)C1C. The molecule has 3 nitrogen and oxygen atoms in total. The van der Waals surface area contributed by atoms with Gasteiger partial charge in [-0.3, -0.25) is 0 Å². The van der Waals surface area contributed by atoms with Crippen LogP contribution in [0.1, 0.15) is 25.0 Å². The van der Waals surface area contributed by atoms with Gasteiger partial charge in [0, 0.05) is 18.3 Å². The van der Waals surface area contributed by atoms with E-state index in [1.807, 2.05) is 36.9 Å². The molecule has 1 aliphatic heterocycles. The van der Waals surface area contributed by atoms with Crippen LogP contribution in [-0.4, -0.2) is 23.5 Å². The minimum absolute atomic E-state index is 0.0213. The lowest BCUT2D eigenvalue weighted by Gasteiger charge is -2.44. The molecule has 0 radical (unpaired) electrons. The molecule has 1 aliphatic rings. The van der Waals surface area contributed by atoms with Gasteiger partial charge in [0.25, 0.3) is 0 Å². The average molecular weight is 232 g/mol. The number of anilines is 1. The van der Waals surface area contributed by atoms with Gasteiger partial charge in [0.1, 0.15) is 0 Å². The summed E-state index contributed by atoms with van der Waals surface area (Å²) in [7, 11) is 0. The molecule has 17 heavy (non-hydrogen) atoms. The van der Waals surface area contributed by atoms with E-state index in [0.29, 0.717) is 12.0 Å². The van der Waals surface area contributed by atoms with Crippen LogP contribution in [0, 0.1) is 19.8 Å². The summed E-state index contributed by atoms with van der Waals surface area (Å²) in [6.45, 7) is 9.17. The Morgan fingerprint density at radius 1 is 1.29 bits per heavy atom. The minimum atomic E-state index is 0.0213. The summed E-state index contributed by atoms with van der Waals surface area (Å²) in [5.74, 6) is 0.610. The van der Waals surface area contributed by atoms with Gasteiger partial charge >= 0.3 is 6.03 Å². The Balaban J connectivity index is 2.09. The van der Waals surface area contributed by atoms with Gasteiger partial charge in [-0.25, -0.2) is 4.79 Å². The number of para-hydroxylation sites is 1. The fraction of sp³-hybridized carbons (Fsp3) is 0.500. The number of amides is 2. The highest BCUT2D eigenvalue weighted by molar-refractivity contribution is 5.91. The van der Waals surface area contributed by atoms with Gasteiger partial charge in [-0.2, -0.15) is 0 Å². The highest BCUT2D eigenvalue weighted by atomic mass is 16.2. The van der Waals surface area contributed by atoms with Crippen LogP contribution in [0.2, 0.25) is 0 Å². The van der Waals surface area contributed by atoms with E-state index in [9.17, 15) is 4.79 Å². The standard InChI is InChI=1S/C14H20N2O/c1-9-6-5-7-10(2)13(9)15-14(17)16-8-11(3)12(16)4/h5-7,11-12H,8H2,1-4H3,(H,15,17). The number of aryl methyl sites for hydroxylation is 2. The molecule has 1 aromatic rings. The molecule has 1 N–H and O–H groups in total. The van der Waals surface area contributed by atoms with Gasteiger partial charge in [0.15, 0.2) is 0 Å². The molecule has 1 heterocycles. The molecule has 0 aromatic heterocycles. The lowest BCUT2D eigenvalue weighted by Crippen LogP contribution is -2.57. The topological polar surface area (TPSA) is 32.3 Å². The normalized spacial score (nSPS) is 23.2. The van der Waals surface area contributed by atoms with Crippen molar-refractivity contribution in [3.05, 3.63) is 29.3 Å². The fourth-order valence-corrected chi connectivity index (χ4v) is 2.26. The van der Waals surface area contributed by atoms with Crippen LogP contribution in [0.4, 0.5) is 10.5 Å². The second-order valence-electron chi connectivity index (χ2n) is 5.07. The molecule has 1 aromatic carbocycles. The van der Waals surface area contributed by atoms with Gasteiger partial charge in [-0.05, 0) is 37.8 Å². The van der Waals surface area contributed by atoms with E-state index in [1.165, 1.54) is 0 Å². The summed E-state index contributed by atoms with van der Waals surface area (Å²) in [6, 6.07) is 6.41. The third-order valence-electron chi connectivity index (χ3n) is 3.77. The number of nitrogens with zero attached hydrogens (tertiary/aromatic N) is 1. The monoisotopic (exact) mass is 232 g/mol. The van der Waals surface area contributed by atoms with Gasteiger partial charge in [-0.15, -0.1) is 0 Å². The van der Waals surface area contributed by atoms with Gasteiger partial charge < -0.3 is 10.2 Å². The predicted octanol–water partition coefficient (Wildman–Crippen LogP) is 3.18. The number of rotatable bonds is 1. The molecule has 2 atom stereocenters. The van der Waals surface area contributed by atoms with Crippen molar-refractivity contribution >= 4 is 11.7 Å². The number of urea groups is 1. The zero-order valence-electron chi connectivity index (χ0n) is 10.9. The van der Waals surface area contributed by atoms with Crippen molar-refractivity contribution < 1.29 is 4.79 Å². The number of hydrogen-bond donors (Lipinski definition) is 1. The van der Waals surface area contributed by atoms with Gasteiger partial charge in [-0.1, -0.05) is 25.1 Å². The number of benzene rings is 1. The maximum absolute atomic E-state index is 12.1. The van der Waals surface area contributed by atoms with E-state index in [4.69, 9.17) is 0 Å². The van der Waals surface area contributed by atoms with Crippen LogP contribution >= 0.6 is 0 Å². The van der Waals surface area contributed by atoms with Crippen LogP contribution in [-0.2, 0) is 0 Å². The Bertz CT molecular complexity index is 422. The van der Waals surface area contributed by atoms with Crippen molar-refractivity contribution in [1.29, 1.82) is 0 Å². The van der Waals surface area contributed by atoms with Crippen LogP contribution in [0.5, 0.6) is 0 Å². The summed E-state index contributed by atoms with van der Waals surface area (Å²) in [4.78, 5) is 14.0. The highest BCUT2D eigenvalue weighted by Crippen LogP contribution is 2.26. The van der Waals surface area contributed by atoms with Crippen molar-refractivity contribution in [2.75, 3.05) is 11.9 Å². The molecule has 2 unspecified atom stereocenters. The van der Waals surface area contributed by atoms with Crippen LogP contribution in [0.15, 0.2) is 18.2 Å². The van der Waals surface area contributed by atoms with Crippen LogP contribution in [0.3, 0.4) is 0 Å². The molecule has 3 heteroatoms. The highest BCUT2D eigenvalue weighted by Gasteiger charge is 2.35. The molecule has 2 rings (SSSR count). The van der Waals surface area contributed by atoms with E-state index < -0.39 is 0 Å². The summed E-state index contributed by atoms with van der Waals surface area (Å²) in [5.41, 5.74) is 3.17. The predicted molar refractivity (Wildman–Crippen MR) is 70.3 cm³/mol. The number of carbonyl (C=O) groups is 1. The first-order chi connectivity index (χ1) is 8.00. The largest absolute Gasteiger partial charge is 0.322 e. The second kappa shape index (κ2) is 4.40. The first-order valence-corrected chi connectivity index (χ1v) is 6.14. The van der Waals surface area contributed by atoms with Crippen molar-refractivity contribution in [3.8, 4) is 0 Å².